The Labute approximate surface area is 310 Å². The van der Waals surface area contributed by atoms with Gasteiger partial charge in [0.05, 0.1) is 5.58 Å². The first kappa shape index (κ1) is 35.5. The number of nitrogens with zero attached hydrogens (tertiary/aromatic N) is 2. The summed E-state index contributed by atoms with van der Waals surface area (Å²) in [6.45, 7) is 6.58. The Morgan fingerprint density at radius 3 is 2.36 bits per heavy atom. The molecular weight excluding hydrogens is 789 g/mol. The zero-order chi connectivity index (χ0) is 33.6. The van der Waals surface area contributed by atoms with Crippen LogP contribution in [-0.4, -0.2) is 9.97 Å². The summed E-state index contributed by atoms with van der Waals surface area (Å²) in [7, 11) is 0. The van der Waals surface area contributed by atoms with E-state index in [9.17, 15) is 0 Å². The van der Waals surface area contributed by atoms with Crippen LogP contribution in [0.15, 0.2) is 120 Å². The van der Waals surface area contributed by atoms with Crippen molar-refractivity contribution in [2.45, 2.75) is 71.6 Å². The number of pyridine rings is 2. The molecule has 3 heterocycles. The van der Waals surface area contributed by atoms with Crippen molar-refractivity contribution in [1.29, 1.82) is 0 Å². The average Bonchev–Trinajstić information content (AvgIpc) is 3.52. The average molecular weight is 833 g/mol. The van der Waals surface area contributed by atoms with Gasteiger partial charge in [-0.15, -0.1) is 54.1 Å². The number of hydrogen-bond donors (Lipinski definition) is 0. The van der Waals surface area contributed by atoms with Crippen molar-refractivity contribution < 1.29 is 24.5 Å². The maximum atomic E-state index is 6.32. The van der Waals surface area contributed by atoms with E-state index >= 15 is 0 Å². The van der Waals surface area contributed by atoms with Crippen LogP contribution in [0.3, 0.4) is 0 Å². The van der Waals surface area contributed by atoms with Gasteiger partial charge in [-0.25, -0.2) is 0 Å². The van der Waals surface area contributed by atoms with Gasteiger partial charge in [0.2, 0.25) is 0 Å². The van der Waals surface area contributed by atoms with E-state index in [1.54, 1.807) is 0 Å². The van der Waals surface area contributed by atoms with E-state index in [0.717, 1.165) is 56.8 Å². The van der Waals surface area contributed by atoms with Gasteiger partial charge < -0.3 is 14.4 Å². The summed E-state index contributed by atoms with van der Waals surface area (Å²) in [5.41, 5.74) is 12.3. The van der Waals surface area contributed by atoms with Gasteiger partial charge in [-0.3, -0.25) is 0 Å². The molecule has 0 spiro atoms. The Morgan fingerprint density at radius 2 is 1.58 bits per heavy atom. The monoisotopic (exact) mass is 833 g/mol. The van der Waals surface area contributed by atoms with Crippen molar-refractivity contribution in [3.63, 3.8) is 0 Å². The molecule has 4 heteroatoms. The molecule has 1 saturated carbocycles. The van der Waals surface area contributed by atoms with Crippen LogP contribution in [0.25, 0.3) is 44.5 Å². The molecule has 3 aromatic heterocycles. The predicted octanol–water partition coefficient (Wildman–Crippen LogP) is 12.1. The first-order valence-corrected chi connectivity index (χ1v) is 17.8. The second kappa shape index (κ2) is 16.6. The van der Waals surface area contributed by atoms with Crippen LogP contribution >= 0.6 is 0 Å². The third-order valence-electron chi connectivity index (χ3n) is 9.89. The van der Waals surface area contributed by atoms with Crippen molar-refractivity contribution in [1.82, 2.24) is 9.97 Å². The number of benzene rings is 4. The molecule has 7 aromatic rings. The van der Waals surface area contributed by atoms with Crippen molar-refractivity contribution in [2.75, 3.05) is 0 Å². The first-order valence-electron chi connectivity index (χ1n) is 17.8. The fraction of sp³-hybridized carbons (Fsp3) is 0.261. The summed E-state index contributed by atoms with van der Waals surface area (Å²) < 4.78 is 6.32. The smallest absolute Gasteiger partial charge is 0.121 e. The minimum absolute atomic E-state index is 0. The summed E-state index contributed by atoms with van der Waals surface area (Å²) in [5, 5.41) is 2.25. The summed E-state index contributed by atoms with van der Waals surface area (Å²) >= 11 is 0. The summed E-state index contributed by atoms with van der Waals surface area (Å²) in [6.07, 6.45) is 13.0. The number of furan rings is 1. The van der Waals surface area contributed by atoms with E-state index < -0.39 is 0 Å². The van der Waals surface area contributed by atoms with Crippen molar-refractivity contribution in [2.24, 2.45) is 5.92 Å². The van der Waals surface area contributed by atoms with Crippen LogP contribution in [0.1, 0.15) is 79.7 Å². The molecule has 4 aromatic carbocycles. The molecule has 0 atom stereocenters. The summed E-state index contributed by atoms with van der Waals surface area (Å²) in [5.74, 6) is 1.34. The fourth-order valence-electron chi connectivity index (χ4n) is 7.05. The molecule has 0 bridgehead atoms. The van der Waals surface area contributed by atoms with E-state index in [-0.39, 0.29) is 20.1 Å². The van der Waals surface area contributed by atoms with Gasteiger partial charge in [0.25, 0.3) is 0 Å². The van der Waals surface area contributed by atoms with Crippen molar-refractivity contribution >= 4 is 21.9 Å². The molecule has 1 aliphatic rings. The largest absolute Gasteiger partial charge is 0.501 e. The maximum Gasteiger partial charge on any atom is 0.121 e. The Kier molecular flexibility index (Phi) is 11.7. The van der Waals surface area contributed by atoms with Gasteiger partial charge in [0, 0.05) is 37.9 Å². The predicted molar refractivity (Wildman–Crippen MR) is 203 cm³/mol. The first-order chi connectivity index (χ1) is 24.0. The number of fused-ring (bicyclic) bond motifs is 3. The molecule has 0 saturated heterocycles. The number of aromatic nitrogens is 2. The molecule has 0 amide bonds. The zero-order valence-corrected chi connectivity index (χ0v) is 31.6. The van der Waals surface area contributed by atoms with Gasteiger partial charge in [-0.1, -0.05) is 117 Å². The normalized spacial score (nSPS) is 13.2. The molecule has 3 nitrogen and oxygen atoms in total. The Hall–Kier alpha value is -4.37. The van der Waals surface area contributed by atoms with Crippen LogP contribution in [0.5, 0.6) is 0 Å². The fourth-order valence-corrected chi connectivity index (χ4v) is 7.05. The van der Waals surface area contributed by atoms with Gasteiger partial charge in [-0.05, 0) is 77.4 Å². The second-order valence-electron chi connectivity index (χ2n) is 13.8. The Morgan fingerprint density at radius 1 is 0.760 bits per heavy atom. The second-order valence-corrected chi connectivity index (χ2v) is 13.8. The molecule has 1 fully saturated rings. The molecule has 0 aliphatic heterocycles. The van der Waals surface area contributed by atoms with E-state index in [1.165, 1.54) is 66.3 Å². The van der Waals surface area contributed by atoms with E-state index in [0.29, 0.717) is 5.92 Å². The molecule has 50 heavy (non-hydrogen) atoms. The van der Waals surface area contributed by atoms with Gasteiger partial charge in [0.1, 0.15) is 5.58 Å². The molecular formula is C46H44IrN2O-2. The standard InChI is InChI=1S/C27H22NO.C19H22N.Ir/c1-18(2)21-11-12-22-23-9-6-10-24(27(23)29-26(22)17-21)25-16-20(13-14-28-25)15-19-7-4-3-5-8-19;1-15-14-20-19(17-10-6-3-7-11-17)13-18(15)12-16-8-4-2-5-9-16;/h3-9,11-14,16-18H,15H2,1-2H3;3,6-7,10,13-14,16H,2,4-5,8-9,12H2,1H3;/q2*-1;. The Balaban J connectivity index is 0.000000181. The summed E-state index contributed by atoms with van der Waals surface area (Å²) in [4.78, 5) is 9.20. The van der Waals surface area contributed by atoms with E-state index in [2.05, 4.69) is 116 Å². The SMILES string of the molecule is CC(C)c1ccc2c(c1)oc1c(-c3cc(Cc4ccccc4)ccn3)[c-]ccc12.Cc1cnc(-c2[c-]cccc2)cc1CC1CCCCC1.[Ir]. The summed E-state index contributed by atoms with van der Waals surface area (Å²) in [6, 6.07) is 42.3. The van der Waals surface area contributed by atoms with Gasteiger partial charge in [0.15, 0.2) is 0 Å². The van der Waals surface area contributed by atoms with Crippen LogP contribution in [-0.2, 0) is 32.9 Å². The van der Waals surface area contributed by atoms with Crippen molar-refractivity contribution in [3.8, 4) is 22.5 Å². The number of rotatable bonds is 7. The zero-order valence-electron chi connectivity index (χ0n) is 29.2. The van der Waals surface area contributed by atoms with E-state index in [4.69, 9.17) is 4.42 Å². The minimum atomic E-state index is 0. The maximum absolute atomic E-state index is 6.32. The molecule has 255 valence electrons. The van der Waals surface area contributed by atoms with Crippen LogP contribution < -0.4 is 0 Å². The van der Waals surface area contributed by atoms with Crippen molar-refractivity contribution in [3.05, 3.63) is 155 Å². The third kappa shape index (κ3) is 8.32. The molecule has 8 rings (SSSR count). The van der Waals surface area contributed by atoms with Crippen LogP contribution in [0, 0.1) is 25.0 Å². The van der Waals surface area contributed by atoms with Gasteiger partial charge >= 0.3 is 0 Å². The van der Waals surface area contributed by atoms with Crippen LogP contribution in [0.4, 0.5) is 0 Å². The molecule has 1 aliphatic carbocycles. The number of aryl methyl sites for hydroxylation is 1. The molecule has 0 unspecified atom stereocenters. The quantitative estimate of drug-likeness (QED) is 0.150. The minimum Gasteiger partial charge on any atom is -0.501 e. The Bertz CT molecular complexity index is 2150. The number of hydrogen-bond acceptors (Lipinski definition) is 3. The van der Waals surface area contributed by atoms with E-state index in [1.807, 2.05) is 42.7 Å². The van der Waals surface area contributed by atoms with Crippen LogP contribution in [0.2, 0.25) is 0 Å². The third-order valence-corrected chi connectivity index (χ3v) is 9.89. The van der Waals surface area contributed by atoms with Gasteiger partial charge in [-0.2, -0.15) is 0 Å². The molecule has 0 N–H and O–H groups in total. The molecule has 1 radical (unpaired) electrons. The topological polar surface area (TPSA) is 38.9 Å².